The van der Waals surface area contributed by atoms with E-state index in [-0.39, 0.29) is 0 Å². The Morgan fingerprint density at radius 2 is 2.00 bits per heavy atom. The number of hydrogen-bond donors (Lipinski definition) is 1. The van der Waals surface area contributed by atoms with Crippen LogP contribution in [0.3, 0.4) is 0 Å². The predicted molar refractivity (Wildman–Crippen MR) is 72.1 cm³/mol. The van der Waals surface area contributed by atoms with Crippen molar-refractivity contribution >= 4 is 38.9 Å². The van der Waals surface area contributed by atoms with Crippen LogP contribution >= 0.6 is 38.9 Å². The van der Waals surface area contributed by atoms with Crippen LogP contribution in [0.25, 0.3) is 0 Å². The SMILES string of the molecule is OC(Cc1ccc(Cl)s1)c1ccccc1Br. The molecule has 0 spiro atoms. The lowest BCUT2D eigenvalue weighted by molar-refractivity contribution is 0.178. The molecule has 0 aliphatic heterocycles. The molecule has 84 valence electrons. The molecular formula is C12H10BrClOS. The molecule has 1 aromatic carbocycles. The van der Waals surface area contributed by atoms with Gasteiger partial charge < -0.3 is 5.11 Å². The van der Waals surface area contributed by atoms with E-state index in [1.54, 1.807) is 0 Å². The average molecular weight is 318 g/mol. The predicted octanol–water partition coefficient (Wildman–Crippen LogP) is 4.44. The van der Waals surface area contributed by atoms with E-state index in [1.165, 1.54) is 11.3 Å². The highest BCUT2D eigenvalue weighted by atomic mass is 79.9. The zero-order valence-corrected chi connectivity index (χ0v) is 11.5. The summed E-state index contributed by atoms with van der Waals surface area (Å²) in [7, 11) is 0. The van der Waals surface area contributed by atoms with E-state index < -0.39 is 6.10 Å². The first-order chi connectivity index (χ1) is 7.66. The van der Waals surface area contributed by atoms with Gasteiger partial charge in [-0.3, -0.25) is 0 Å². The van der Waals surface area contributed by atoms with Crippen molar-refractivity contribution < 1.29 is 5.11 Å². The summed E-state index contributed by atoms with van der Waals surface area (Å²) >= 11 is 10.8. The van der Waals surface area contributed by atoms with E-state index in [0.29, 0.717) is 6.42 Å². The van der Waals surface area contributed by atoms with Gasteiger partial charge >= 0.3 is 0 Å². The fourth-order valence-electron chi connectivity index (χ4n) is 1.51. The van der Waals surface area contributed by atoms with E-state index in [4.69, 9.17) is 11.6 Å². The maximum Gasteiger partial charge on any atom is 0.0931 e. The van der Waals surface area contributed by atoms with Gasteiger partial charge in [0.05, 0.1) is 10.4 Å². The summed E-state index contributed by atoms with van der Waals surface area (Å²) in [5, 5.41) is 10.1. The molecule has 1 nitrogen and oxygen atoms in total. The van der Waals surface area contributed by atoms with Gasteiger partial charge in [-0.15, -0.1) is 11.3 Å². The molecule has 1 unspecified atom stereocenters. The van der Waals surface area contributed by atoms with Crippen molar-refractivity contribution in [3.05, 3.63) is 55.6 Å². The van der Waals surface area contributed by atoms with Crippen LogP contribution in [0, 0.1) is 0 Å². The third-order valence-electron chi connectivity index (χ3n) is 2.29. The molecule has 4 heteroatoms. The number of halogens is 2. The highest BCUT2D eigenvalue weighted by Crippen LogP contribution is 2.29. The zero-order chi connectivity index (χ0) is 11.5. The molecule has 0 radical (unpaired) electrons. The molecule has 0 bridgehead atoms. The molecule has 1 aromatic heterocycles. The monoisotopic (exact) mass is 316 g/mol. The van der Waals surface area contributed by atoms with Crippen LogP contribution in [0.4, 0.5) is 0 Å². The molecule has 2 aromatic rings. The Morgan fingerprint density at radius 3 is 2.62 bits per heavy atom. The topological polar surface area (TPSA) is 20.2 Å². The summed E-state index contributed by atoms with van der Waals surface area (Å²) in [6.45, 7) is 0. The van der Waals surface area contributed by atoms with Crippen molar-refractivity contribution in [2.75, 3.05) is 0 Å². The summed E-state index contributed by atoms with van der Waals surface area (Å²) < 4.78 is 1.69. The second kappa shape index (κ2) is 5.32. The Balaban J connectivity index is 2.14. The number of aliphatic hydroxyl groups excluding tert-OH is 1. The van der Waals surface area contributed by atoms with Gasteiger partial charge in [0, 0.05) is 15.8 Å². The minimum atomic E-state index is -0.495. The maximum atomic E-state index is 10.1. The second-order valence-corrected chi connectivity index (χ2v) is 6.10. The van der Waals surface area contributed by atoms with Gasteiger partial charge in [-0.2, -0.15) is 0 Å². The Labute approximate surface area is 112 Å². The van der Waals surface area contributed by atoms with E-state index in [9.17, 15) is 5.11 Å². The first-order valence-electron chi connectivity index (χ1n) is 4.83. The number of benzene rings is 1. The molecular weight excluding hydrogens is 308 g/mol. The number of aliphatic hydroxyl groups is 1. The van der Waals surface area contributed by atoms with Gasteiger partial charge in [0.25, 0.3) is 0 Å². The quantitative estimate of drug-likeness (QED) is 0.887. The normalized spacial score (nSPS) is 12.7. The van der Waals surface area contributed by atoms with Gasteiger partial charge in [0.1, 0.15) is 0 Å². The van der Waals surface area contributed by atoms with Crippen molar-refractivity contribution in [2.24, 2.45) is 0 Å². The van der Waals surface area contributed by atoms with Gasteiger partial charge in [0.15, 0.2) is 0 Å². The largest absolute Gasteiger partial charge is 0.388 e. The Hall–Kier alpha value is -0.350. The molecule has 1 heterocycles. The maximum absolute atomic E-state index is 10.1. The van der Waals surface area contributed by atoms with Crippen molar-refractivity contribution in [2.45, 2.75) is 12.5 Å². The highest BCUT2D eigenvalue weighted by Gasteiger charge is 2.12. The molecule has 0 aliphatic rings. The van der Waals surface area contributed by atoms with E-state index in [2.05, 4.69) is 15.9 Å². The minimum absolute atomic E-state index is 0.495. The Morgan fingerprint density at radius 1 is 1.25 bits per heavy atom. The fraction of sp³-hybridized carbons (Fsp3) is 0.167. The lowest BCUT2D eigenvalue weighted by Gasteiger charge is -2.11. The van der Waals surface area contributed by atoms with Crippen molar-refractivity contribution in [1.29, 1.82) is 0 Å². The van der Waals surface area contributed by atoms with Crippen molar-refractivity contribution in [3.8, 4) is 0 Å². The van der Waals surface area contributed by atoms with Gasteiger partial charge in [-0.1, -0.05) is 45.7 Å². The first kappa shape index (κ1) is 12.1. The van der Waals surface area contributed by atoms with Crippen molar-refractivity contribution in [1.82, 2.24) is 0 Å². The first-order valence-corrected chi connectivity index (χ1v) is 6.82. The third-order valence-corrected chi connectivity index (χ3v) is 4.26. The molecule has 0 saturated carbocycles. The van der Waals surface area contributed by atoms with Crippen LogP contribution < -0.4 is 0 Å². The highest BCUT2D eigenvalue weighted by molar-refractivity contribution is 9.10. The Kier molecular flexibility index (Phi) is 4.03. The van der Waals surface area contributed by atoms with Crippen LogP contribution in [0.2, 0.25) is 4.34 Å². The van der Waals surface area contributed by atoms with Crippen LogP contribution in [0.1, 0.15) is 16.5 Å². The van der Waals surface area contributed by atoms with E-state index >= 15 is 0 Å². The van der Waals surface area contributed by atoms with Gasteiger partial charge in [0.2, 0.25) is 0 Å². The molecule has 0 saturated heterocycles. The molecule has 0 amide bonds. The van der Waals surface area contributed by atoms with Crippen LogP contribution in [-0.2, 0) is 6.42 Å². The number of thiophene rings is 1. The van der Waals surface area contributed by atoms with E-state index in [0.717, 1.165) is 19.2 Å². The molecule has 2 rings (SSSR count). The van der Waals surface area contributed by atoms with Gasteiger partial charge in [-0.05, 0) is 23.8 Å². The molecule has 1 atom stereocenters. The number of rotatable bonds is 3. The minimum Gasteiger partial charge on any atom is -0.388 e. The second-order valence-electron chi connectivity index (χ2n) is 3.45. The molecule has 0 fully saturated rings. The molecule has 16 heavy (non-hydrogen) atoms. The lowest BCUT2D eigenvalue weighted by Crippen LogP contribution is -2.01. The van der Waals surface area contributed by atoms with Crippen LogP contribution in [0.15, 0.2) is 40.9 Å². The summed E-state index contributed by atoms with van der Waals surface area (Å²) in [6.07, 6.45) is 0.102. The van der Waals surface area contributed by atoms with E-state index in [1.807, 2.05) is 36.4 Å². The van der Waals surface area contributed by atoms with Gasteiger partial charge in [-0.25, -0.2) is 0 Å². The smallest absolute Gasteiger partial charge is 0.0931 e. The summed E-state index contributed by atoms with van der Waals surface area (Å²) in [6, 6.07) is 11.5. The van der Waals surface area contributed by atoms with Crippen LogP contribution in [0.5, 0.6) is 0 Å². The lowest BCUT2D eigenvalue weighted by atomic mass is 10.1. The molecule has 0 aliphatic carbocycles. The zero-order valence-electron chi connectivity index (χ0n) is 8.36. The fourth-order valence-corrected chi connectivity index (χ4v) is 3.18. The third kappa shape index (κ3) is 2.86. The summed E-state index contributed by atoms with van der Waals surface area (Å²) in [5.41, 5.74) is 0.909. The Bertz CT molecular complexity index is 483. The summed E-state index contributed by atoms with van der Waals surface area (Å²) in [5.74, 6) is 0. The average Bonchev–Trinajstić information content (AvgIpc) is 2.64. The summed E-state index contributed by atoms with van der Waals surface area (Å²) in [4.78, 5) is 1.09. The van der Waals surface area contributed by atoms with Crippen molar-refractivity contribution in [3.63, 3.8) is 0 Å². The standard InChI is InChI=1S/C12H10BrClOS/c13-10-4-2-1-3-9(10)11(15)7-8-5-6-12(14)16-8/h1-6,11,15H,7H2. The molecule has 1 N–H and O–H groups in total. The number of hydrogen-bond acceptors (Lipinski definition) is 2. The van der Waals surface area contributed by atoms with Crippen LogP contribution in [-0.4, -0.2) is 5.11 Å².